The topological polar surface area (TPSA) is 45.5 Å². The summed E-state index contributed by atoms with van der Waals surface area (Å²) in [6, 6.07) is 3.34. The fraction of sp³-hybridized carbons (Fsp3) is 0.444. The Kier molecular flexibility index (Phi) is 5.99. The Hall–Kier alpha value is -1.00. The van der Waals surface area contributed by atoms with Gasteiger partial charge in [0.2, 0.25) is 0 Å². The van der Waals surface area contributed by atoms with Crippen LogP contribution in [-0.4, -0.2) is 38.0 Å². The molecule has 0 aliphatic rings. The minimum absolute atomic E-state index is 0. The molecule has 0 aliphatic heterocycles. The fourth-order valence-electron chi connectivity index (χ4n) is 0.888. The molecule has 0 saturated carbocycles. The molecule has 0 spiro atoms. The van der Waals surface area contributed by atoms with E-state index in [1.165, 1.54) is 6.26 Å². The molecule has 1 aromatic heterocycles. The average Bonchev–Trinajstić information content (AvgIpc) is 2.55. The van der Waals surface area contributed by atoms with E-state index >= 15 is 0 Å². The van der Waals surface area contributed by atoms with Crippen molar-refractivity contribution in [3.63, 3.8) is 0 Å². The monoisotopic (exact) mass is 218 g/mol. The van der Waals surface area contributed by atoms with Crippen LogP contribution in [-0.2, 0) is 0 Å². The van der Waals surface area contributed by atoms with Gasteiger partial charge < -0.3 is 14.6 Å². The van der Waals surface area contributed by atoms with Crippen LogP contribution in [0.4, 0.5) is 0 Å². The molecule has 5 heteroatoms. The van der Waals surface area contributed by atoms with E-state index in [1.54, 1.807) is 12.1 Å². The summed E-state index contributed by atoms with van der Waals surface area (Å²) in [6.07, 6.45) is 1.49. The number of carbonyl (C=O) groups is 1. The second-order valence-electron chi connectivity index (χ2n) is 3.04. The Morgan fingerprint density at radius 3 is 2.79 bits per heavy atom. The predicted octanol–water partition coefficient (Wildman–Crippen LogP) is 0.993. The van der Waals surface area contributed by atoms with Crippen LogP contribution < -0.4 is 5.32 Å². The third kappa shape index (κ3) is 4.30. The lowest BCUT2D eigenvalue weighted by atomic mass is 10.4. The quantitative estimate of drug-likeness (QED) is 0.820. The summed E-state index contributed by atoms with van der Waals surface area (Å²) in [5.74, 6) is 0.200. The zero-order valence-electron chi connectivity index (χ0n) is 8.32. The van der Waals surface area contributed by atoms with E-state index in [4.69, 9.17) is 4.42 Å². The molecule has 0 aliphatic carbocycles. The van der Waals surface area contributed by atoms with Crippen LogP contribution in [0.1, 0.15) is 10.6 Å². The van der Waals surface area contributed by atoms with Gasteiger partial charge in [0.15, 0.2) is 5.76 Å². The maximum absolute atomic E-state index is 11.3. The number of hydrogen-bond acceptors (Lipinski definition) is 3. The minimum atomic E-state index is -0.160. The molecule has 0 radical (unpaired) electrons. The van der Waals surface area contributed by atoms with Crippen LogP contribution in [0.5, 0.6) is 0 Å². The molecule has 0 unspecified atom stereocenters. The first kappa shape index (κ1) is 13.0. The lowest BCUT2D eigenvalue weighted by Gasteiger charge is -2.09. The van der Waals surface area contributed by atoms with E-state index in [1.807, 2.05) is 19.0 Å². The molecule has 14 heavy (non-hydrogen) atoms. The van der Waals surface area contributed by atoms with Crippen molar-refractivity contribution in [2.45, 2.75) is 0 Å². The van der Waals surface area contributed by atoms with Crippen LogP contribution in [0.25, 0.3) is 0 Å². The number of furan rings is 1. The molecule has 1 amide bonds. The largest absolute Gasteiger partial charge is 0.459 e. The fourth-order valence-corrected chi connectivity index (χ4v) is 0.888. The molecule has 1 aromatic rings. The first-order valence-corrected chi connectivity index (χ1v) is 4.16. The highest BCUT2D eigenvalue weighted by molar-refractivity contribution is 5.91. The molecule has 0 atom stereocenters. The highest BCUT2D eigenvalue weighted by Gasteiger charge is 2.06. The van der Waals surface area contributed by atoms with Crippen LogP contribution in [0.3, 0.4) is 0 Å². The van der Waals surface area contributed by atoms with Crippen molar-refractivity contribution in [3.05, 3.63) is 24.2 Å². The first-order valence-electron chi connectivity index (χ1n) is 4.16. The SMILES string of the molecule is CN(C)CCNC(=O)c1ccco1.Cl. The van der Waals surface area contributed by atoms with Gasteiger partial charge in [0.25, 0.3) is 5.91 Å². The van der Waals surface area contributed by atoms with Crippen molar-refractivity contribution >= 4 is 18.3 Å². The Morgan fingerprint density at radius 1 is 1.57 bits per heavy atom. The number of hydrogen-bond donors (Lipinski definition) is 1. The lowest BCUT2D eigenvalue weighted by Crippen LogP contribution is -2.31. The van der Waals surface area contributed by atoms with Gasteiger partial charge in [0.1, 0.15) is 0 Å². The molecule has 1 rings (SSSR count). The molecule has 0 saturated heterocycles. The van der Waals surface area contributed by atoms with E-state index in [-0.39, 0.29) is 18.3 Å². The third-order valence-electron chi connectivity index (χ3n) is 1.59. The predicted molar refractivity (Wildman–Crippen MR) is 56.8 cm³/mol. The van der Waals surface area contributed by atoms with Gasteiger partial charge in [0.05, 0.1) is 6.26 Å². The van der Waals surface area contributed by atoms with Crippen molar-refractivity contribution in [2.24, 2.45) is 0 Å². The third-order valence-corrected chi connectivity index (χ3v) is 1.59. The molecule has 80 valence electrons. The Bertz CT molecular complexity index is 260. The standard InChI is InChI=1S/C9H14N2O2.ClH/c1-11(2)6-5-10-9(12)8-4-3-7-13-8;/h3-4,7H,5-6H2,1-2H3,(H,10,12);1H. The summed E-state index contributed by atoms with van der Waals surface area (Å²) >= 11 is 0. The summed E-state index contributed by atoms with van der Waals surface area (Å²) in [7, 11) is 3.91. The first-order chi connectivity index (χ1) is 6.20. The number of nitrogens with zero attached hydrogens (tertiary/aromatic N) is 1. The van der Waals surface area contributed by atoms with E-state index in [0.29, 0.717) is 12.3 Å². The summed E-state index contributed by atoms with van der Waals surface area (Å²) in [6.45, 7) is 1.46. The van der Waals surface area contributed by atoms with Gasteiger partial charge in [-0.1, -0.05) is 0 Å². The highest BCUT2D eigenvalue weighted by Crippen LogP contribution is 1.98. The lowest BCUT2D eigenvalue weighted by molar-refractivity contribution is 0.0923. The number of nitrogens with one attached hydrogen (secondary N) is 1. The summed E-state index contributed by atoms with van der Waals surface area (Å²) < 4.78 is 4.93. The van der Waals surface area contributed by atoms with Crippen molar-refractivity contribution in [1.29, 1.82) is 0 Å². The van der Waals surface area contributed by atoms with E-state index < -0.39 is 0 Å². The summed E-state index contributed by atoms with van der Waals surface area (Å²) in [5.41, 5.74) is 0. The number of amides is 1. The van der Waals surface area contributed by atoms with E-state index in [9.17, 15) is 4.79 Å². The van der Waals surface area contributed by atoms with Gasteiger partial charge in [-0.15, -0.1) is 12.4 Å². The van der Waals surface area contributed by atoms with Crippen molar-refractivity contribution < 1.29 is 9.21 Å². The van der Waals surface area contributed by atoms with E-state index in [2.05, 4.69) is 5.32 Å². The smallest absolute Gasteiger partial charge is 0.287 e. The Labute approximate surface area is 89.7 Å². The highest BCUT2D eigenvalue weighted by atomic mass is 35.5. The van der Waals surface area contributed by atoms with Gasteiger partial charge in [-0.05, 0) is 26.2 Å². The molecule has 4 nitrogen and oxygen atoms in total. The molecule has 0 aromatic carbocycles. The van der Waals surface area contributed by atoms with Gasteiger partial charge in [-0.2, -0.15) is 0 Å². The number of halogens is 1. The normalized spacial score (nSPS) is 9.64. The van der Waals surface area contributed by atoms with Gasteiger partial charge in [0, 0.05) is 13.1 Å². The maximum Gasteiger partial charge on any atom is 0.287 e. The van der Waals surface area contributed by atoms with Crippen molar-refractivity contribution in [1.82, 2.24) is 10.2 Å². The summed E-state index contributed by atoms with van der Waals surface area (Å²) in [4.78, 5) is 13.3. The minimum Gasteiger partial charge on any atom is -0.459 e. The summed E-state index contributed by atoms with van der Waals surface area (Å²) in [5, 5.41) is 2.74. The van der Waals surface area contributed by atoms with Crippen LogP contribution in [0, 0.1) is 0 Å². The molecule has 1 N–H and O–H groups in total. The molecule has 0 bridgehead atoms. The van der Waals surface area contributed by atoms with Crippen molar-refractivity contribution in [3.8, 4) is 0 Å². The zero-order valence-corrected chi connectivity index (χ0v) is 9.13. The van der Waals surface area contributed by atoms with Crippen LogP contribution in [0.2, 0.25) is 0 Å². The van der Waals surface area contributed by atoms with Crippen LogP contribution in [0.15, 0.2) is 22.8 Å². The number of rotatable bonds is 4. The second-order valence-corrected chi connectivity index (χ2v) is 3.04. The number of carbonyl (C=O) groups excluding carboxylic acids is 1. The maximum atomic E-state index is 11.3. The zero-order chi connectivity index (χ0) is 9.68. The Balaban J connectivity index is 0.00000169. The molecule has 1 heterocycles. The van der Waals surface area contributed by atoms with Gasteiger partial charge >= 0.3 is 0 Å². The average molecular weight is 219 g/mol. The molecular weight excluding hydrogens is 204 g/mol. The van der Waals surface area contributed by atoms with E-state index in [0.717, 1.165) is 6.54 Å². The van der Waals surface area contributed by atoms with Crippen molar-refractivity contribution in [2.75, 3.05) is 27.2 Å². The second kappa shape index (κ2) is 6.45. The van der Waals surface area contributed by atoms with Gasteiger partial charge in [-0.25, -0.2) is 0 Å². The van der Waals surface area contributed by atoms with Gasteiger partial charge in [-0.3, -0.25) is 4.79 Å². The Morgan fingerprint density at radius 2 is 2.29 bits per heavy atom. The number of likely N-dealkylation sites (N-methyl/N-ethyl adjacent to an activating group) is 1. The molecular formula is C9H15ClN2O2. The van der Waals surface area contributed by atoms with Crippen LogP contribution >= 0.6 is 12.4 Å². The molecule has 0 fully saturated rings.